The Balaban J connectivity index is 2.73. The summed E-state index contributed by atoms with van der Waals surface area (Å²) in [4.78, 5) is 10.4. The third-order valence-corrected chi connectivity index (χ3v) is 2.04. The van der Waals surface area contributed by atoms with E-state index < -0.39 is 12.1 Å². The molecule has 0 aliphatic heterocycles. The molecule has 0 radical (unpaired) electrons. The highest BCUT2D eigenvalue weighted by Gasteiger charge is 2.18. The van der Waals surface area contributed by atoms with Gasteiger partial charge in [-0.3, -0.25) is 4.68 Å². The highest BCUT2D eigenvalue weighted by Crippen LogP contribution is 2.13. The molecule has 0 aliphatic rings. The molecule has 0 fully saturated rings. The molecule has 1 aromatic heterocycles. The van der Waals surface area contributed by atoms with Crippen molar-refractivity contribution in [1.29, 1.82) is 0 Å². The maximum Gasteiger partial charge on any atom is 0.332 e. The lowest BCUT2D eigenvalue weighted by molar-refractivity contribution is -0.146. The van der Waals surface area contributed by atoms with Crippen molar-refractivity contribution in [2.75, 3.05) is 0 Å². The molecule has 1 rings (SSSR count). The number of hydrogen-bond donors (Lipinski definition) is 2. The highest BCUT2D eigenvalue weighted by molar-refractivity contribution is 5.72. The van der Waals surface area contributed by atoms with E-state index in [1.54, 1.807) is 17.1 Å². The largest absolute Gasteiger partial charge is 0.479 e. The van der Waals surface area contributed by atoms with Crippen molar-refractivity contribution in [3.63, 3.8) is 0 Å². The number of carboxylic acid groups (broad SMARTS) is 1. The monoisotopic (exact) mass is 212 g/mol. The summed E-state index contributed by atoms with van der Waals surface area (Å²) in [6.07, 6.45) is 2.07. The van der Waals surface area contributed by atoms with Gasteiger partial charge in [0.05, 0.1) is 11.7 Å². The predicted molar refractivity (Wildman–Crippen MR) is 54.6 cm³/mol. The van der Waals surface area contributed by atoms with Crippen LogP contribution in [0, 0.1) is 0 Å². The van der Waals surface area contributed by atoms with Gasteiger partial charge in [0, 0.05) is 12.6 Å². The van der Waals surface area contributed by atoms with Crippen LogP contribution in [0.15, 0.2) is 12.4 Å². The van der Waals surface area contributed by atoms with Crippen LogP contribution in [-0.4, -0.2) is 32.1 Å². The molecule has 84 valence electrons. The number of carboxylic acids is 1. The molecule has 0 amide bonds. The Labute approximate surface area is 88.3 Å². The fourth-order valence-electron chi connectivity index (χ4n) is 1.14. The maximum absolute atomic E-state index is 10.4. The Bertz CT molecular complexity index is 352. The summed E-state index contributed by atoms with van der Waals surface area (Å²) in [5.41, 5.74) is 0.590. The number of hydrogen-bond acceptors (Lipinski definition) is 3. The van der Waals surface area contributed by atoms with Gasteiger partial charge < -0.3 is 10.2 Å². The van der Waals surface area contributed by atoms with Crippen molar-refractivity contribution in [3.05, 3.63) is 18.0 Å². The second-order valence-corrected chi connectivity index (χ2v) is 4.52. The number of aliphatic hydroxyl groups excluding tert-OH is 1. The minimum Gasteiger partial charge on any atom is -0.479 e. The number of aliphatic hydroxyl groups is 1. The zero-order chi connectivity index (χ0) is 11.6. The minimum absolute atomic E-state index is 0.0887. The van der Waals surface area contributed by atoms with E-state index in [4.69, 9.17) is 10.2 Å². The van der Waals surface area contributed by atoms with Crippen molar-refractivity contribution in [1.82, 2.24) is 9.78 Å². The van der Waals surface area contributed by atoms with Crippen LogP contribution in [0.1, 0.15) is 26.3 Å². The van der Waals surface area contributed by atoms with Crippen LogP contribution in [0.2, 0.25) is 0 Å². The summed E-state index contributed by atoms with van der Waals surface area (Å²) in [5.74, 6) is -1.21. The third kappa shape index (κ3) is 3.06. The molecule has 1 unspecified atom stereocenters. The van der Waals surface area contributed by atoms with E-state index in [1.165, 1.54) is 0 Å². The number of aromatic nitrogens is 2. The number of aliphatic carboxylic acids is 1. The summed E-state index contributed by atoms with van der Waals surface area (Å²) in [7, 11) is 0. The molecule has 1 heterocycles. The fourth-order valence-corrected chi connectivity index (χ4v) is 1.14. The van der Waals surface area contributed by atoms with E-state index in [9.17, 15) is 4.79 Å². The number of carbonyl (C=O) groups is 1. The van der Waals surface area contributed by atoms with Crippen LogP contribution in [0.25, 0.3) is 0 Å². The SMILES string of the molecule is CC(C)(C)n1cc(CC(O)C(=O)O)cn1. The van der Waals surface area contributed by atoms with Gasteiger partial charge in [0.2, 0.25) is 0 Å². The molecule has 0 spiro atoms. The molecule has 2 N–H and O–H groups in total. The summed E-state index contributed by atoms with van der Waals surface area (Å²) < 4.78 is 1.75. The van der Waals surface area contributed by atoms with Gasteiger partial charge in [-0.05, 0) is 26.3 Å². The molecule has 5 heteroatoms. The average molecular weight is 212 g/mol. The van der Waals surface area contributed by atoms with E-state index in [1.807, 2.05) is 20.8 Å². The predicted octanol–water partition coefficient (Wildman–Crippen LogP) is 0.626. The van der Waals surface area contributed by atoms with E-state index in [-0.39, 0.29) is 12.0 Å². The van der Waals surface area contributed by atoms with Gasteiger partial charge in [-0.1, -0.05) is 0 Å². The van der Waals surface area contributed by atoms with Crippen molar-refractivity contribution in [3.8, 4) is 0 Å². The summed E-state index contributed by atoms with van der Waals surface area (Å²) in [6.45, 7) is 5.99. The van der Waals surface area contributed by atoms with Crippen LogP contribution < -0.4 is 0 Å². The Morgan fingerprint density at radius 3 is 2.60 bits per heavy atom. The van der Waals surface area contributed by atoms with E-state index in [0.717, 1.165) is 5.56 Å². The second kappa shape index (κ2) is 4.02. The second-order valence-electron chi connectivity index (χ2n) is 4.52. The van der Waals surface area contributed by atoms with Crippen LogP contribution in [0.4, 0.5) is 0 Å². The van der Waals surface area contributed by atoms with Crippen molar-refractivity contribution in [2.24, 2.45) is 0 Å². The first-order valence-electron chi connectivity index (χ1n) is 4.75. The van der Waals surface area contributed by atoms with Crippen molar-refractivity contribution < 1.29 is 15.0 Å². The van der Waals surface area contributed by atoms with Crippen LogP contribution in [0.5, 0.6) is 0 Å². The van der Waals surface area contributed by atoms with E-state index in [0.29, 0.717) is 0 Å². The molecule has 0 aromatic carbocycles. The third-order valence-electron chi connectivity index (χ3n) is 2.04. The van der Waals surface area contributed by atoms with Crippen molar-refractivity contribution in [2.45, 2.75) is 38.8 Å². The topological polar surface area (TPSA) is 75.4 Å². The lowest BCUT2D eigenvalue weighted by Crippen LogP contribution is -2.23. The van der Waals surface area contributed by atoms with Gasteiger partial charge in [-0.15, -0.1) is 0 Å². The van der Waals surface area contributed by atoms with Gasteiger partial charge in [-0.25, -0.2) is 4.79 Å². The molecule has 15 heavy (non-hydrogen) atoms. The molecule has 0 saturated carbocycles. The average Bonchev–Trinajstić information content (AvgIpc) is 2.51. The summed E-state index contributed by atoms with van der Waals surface area (Å²) >= 11 is 0. The van der Waals surface area contributed by atoms with Crippen molar-refractivity contribution >= 4 is 5.97 Å². The number of rotatable bonds is 3. The minimum atomic E-state index is -1.36. The van der Waals surface area contributed by atoms with E-state index >= 15 is 0 Å². The maximum atomic E-state index is 10.4. The molecular formula is C10H16N2O3. The molecule has 0 aliphatic carbocycles. The Hall–Kier alpha value is -1.36. The van der Waals surface area contributed by atoms with Gasteiger partial charge >= 0.3 is 5.97 Å². The molecule has 1 atom stereocenters. The summed E-state index contributed by atoms with van der Waals surface area (Å²) in [5, 5.41) is 21.8. The fraction of sp³-hybridized carbons (Fsp3) is 0.600. The Morgan fingerprint density at radius 1 is 1.60 bits per heavy atom. The molecule has 0 bridgehead atoms. The first-order chi connectivity index (χ1) is 6.80. The van der Waals surface area contributed by atoms with Gasteiger partial charge in [-0.2, -0.15) is 5.10 Å². The standard InChI is InChI=1S/C10H16N2O3/c1-10(2,3)12-6-7(5-11-12)4-8(13)9(14)15/h5-6,8,13H,4H2,1-3H3,(H,14,15). The number of nitrogens with zero attached hydrogens (tertiary/aromatic N) is 2. The van der Waals surface area contributed by atoms with Gasteiger partial charge in [0.1, 0.15) is 0 Å². The lowest BCUT2D eigenvalue weighted by atomic mass is 10.1. The highest BCUT2D eigenvalue weighted by atomic mass is 16.4. The quantitative estimate of drug-likeness (QED) is 0.770. The van der Waals surface area contributed by atoms with Crippen LogP contribution in [-0.2, 0) is 16.8 Å². The molecule has 5 nitrogen and oxygen atoms in total. The molecule has 0 saturated heterocycles. The normalized spacial score (nSPS) is 13.9. The smallest absolute Gasteiger partial charge is 0.332 e. The molecule has 1 aromatic rings. The zero-order valence-corrected chi connectivity index (χ0v) is 9.14. The van der Waals surface area contributed by atoms with E-state index in [2.05, 4.69) is 5.10 Å². The first-order valence-corrected chi connectivity index (χ1v) is 4.75. The Kier molecular flexibility index (Phi) is 3.14. The lowest BCUT2D eigenvalue weighted by Gasteiger charge is -2.18. The van der Waals surface area contributed by atoms with Gasteiger partial charge in [0.25, 0.3) is 0 Å². The molecular weight excluding hydrogens is 196 g/mol. The van der Waals surface area contributed by atoms with Gasteiger partial charge in [0.15, 0.2) is 6.10 Å². The van der Waals surface area contributed by atoms with Crippen LogP contribution in [0.3, 0.4) is 0 Å². The Morgan fingerprint density at radius 2 is 2.20 bits per heavy atom. The van der Waals surface area contributed by atoms with Crippen LogP contribution >= 0.6 is 0 Å². The zero-order valence-electron chi connectivity index (χ0n) is 9.14. The summed E-state index contributed by atoms with van der Waals surface area (Å²) in [6, 6.07) is 0. The first kappa shape index (κ1) is 11.7.